The average molecular weight is 512 g/mol. The van der Waals surface area contributed by atoms with Crippen LogP contribution in [-0.4, -0.2) is 76.6 Å². The lowest BCUT2D eigenvalue weighted by molar-refractivity contribution is -0.142. The molecule has 0 aromatic heterocycles. The first-order valence-electron chi connectivity index (χ1n) is 11.4. The fraction of sp³-hybridized carbons (Fsp3) is 0.565. The van der Waals surface area contributed by atoms with E-state index in [1.807, 2.05) is 6.26 Å². The van der Waals surface area contributed by atoms with Crippen molar-refractivity contribution in [2.24, 2.45) is 11.5 Å². The van der Waals surface area contributed by atoms with Crippen molar-refractivity contribution in [1.82, 2.24) is 16.0 Å². The Morgan fingerprint density at radius 1 is 0.943 bits per heavy atom. The molecule has 4 atom stereocenters. The summed E-state index contributed by atoms with van der Waals surface area (Å²) < 4.78 is 0. The predicted molar refractivity (Wildman–Crippen MR) is 135 cm³/mol. The second-order valence-corrected chi connectivity index (χ2v) is 9.22. The number of amides is 3. The Morgan fingerprint density at radius 3 is 2.14 bits per heavy atom. The van der Waals surface area contributed by atoms with Crippen LogP contribution in [0.2, 0.25) is 0 Å². The summed E-state index contributed by atoms with van der Waals surface area (Å²) in [6.45, 7) is 1.86. The lowest BCUT2D eigenvalue weighted by Crippen LogP contribution is -2.56. The number of thioether (sulfide) groups is 1. The normalized spacial score (nSPS) is 14.3. The Balaban J connectivity index is 2.77. The molecule has 1 aromatic carbocycles. The van der Waals surface area contributed by atoms with Crippen LogP contribution >= 0.6 is 11.8 Å². The smallest absolute Gasteiger partial charge is 0.326 e. The first-order chi connectivity index (χ1) is 16.6. The highest BCUT2D eigenvalue weighted by Gasteiger charge is 2.28. The molecule has 0 saturated carbocycles. The summed E-state index contributed by atoms with van der Waals surface area (Å²) in [4.78, 5) is 49.5. The molecule has 0 bridgehead atoms. The number of carboxylic acid groups (broad SMARTS) is 1. The number of aliphatic carboxylic acids is 1. The number of benzene rings is 1. The molecule has 0 aliphatic carbocycles. The zero-order valence-electron chi connectivity index (χ0n) is 20.2. The molecule has 35 heavy (non-hydrogen) atoms. The minimum Gasteiger partial charge on any atom is -0.508 e. The molecule has 0 fully saturated rings. The topological polar surface area (TPSA) is 197 Å². The summed E-state index contributed by atoms with van der Waals surface area (Å²) in [6, 6.07) is 2.00. The third kappa shape index (κ3) is 11.4. The zero-order chi connectivity index (χ0) is 26.4. The van der Waals surface area contributed by atoms with Gasteiger partial charge in [0.2, 0.25) is 17.7 Å². The van der Waals surface area contributed by atoms with Crippen LogP contribution in [0.15, 0.2) is 24.3 Å². The third-order valence-electron chi connectivity index (χ3n) is 5.29. The molecule has 196 valence electrons. The van der Waals surface area contributed by atoms with Gasteiger partial charge in [-0.05, 0) is 68.9 Å². The SMILES string of the molecule is CSCCC(N)C(=O)NC(CCCCN)C(=O)NC(C)C(=O)NC(Cc1ccc(O)cc1)C(=O)O. The molecule has 0 heterocycles. The van der Waals surface area contributed by atoms with Crippen molar-refractivity contribution in [3.8, 4) is 5.75 Å². The number of carbonyl (C=O) groups is 4. The monoisotopic (exact) mass is 511 g/mol. The van der Waals surface area contributed by atoms with Crippen LogP contribution in [0.25, 0.3) is 0 Å². The van der Waals surface area contributed by atoms with Crippen molar-refractivity contribution in [3.05, 3.63) is 29.8 Å². The van der Waals surface area contributed by atoms with Crippen molar-refractivity contribution >= 4 is 35.5 Å². The first kappa shape index (κ1) is 30.2. The van der Waals surface area contributed by atoms with Gasteiger partial charge in [-0.1, -0.05) is 12.1 Å². The van der Waals surface area contributed by atoms with Crippen LogP contribution in [0.1, 0.15) is 38.2 Å². The molecule has 9 N–H and O–H groups in total. The summed E-state index contributed by atoms with van der Waals surface area (Å²) in [5.41, 5.74) is 12.0. The highest BCUT2D eigenvalue weighted by atomic mass is 32.2. The van der Waals surface area contributed by atoms with Crippen molar-refractivity contribution in [2.45, 2.75) is 63.2 Å². The Bertz CT molecular complexity index is 838. The second-order valence-electron chi connectivity index (χ2n) is 8.23. The van der Waals surface area contributed by atoms with Gasteiger partial charge in [-0.3, -0.25) is 14.4 Å². The number of nitrogens with one attached hydrogen (secondary N) is 3. The van der Waals surface area contributed by atoms with Crippen LogP contribution in [-0.2, 0) is 25.6 Å². The Morgan fingerprint density at radius 2 is 1.57 bits per heavy atom. The standard InChI is InChI=1S/C23H37N5O6S/c1-14(20(30)28-19(23(33)34)13-15-6-8-16(29)9-7-15)26-22(32)18(5-3-4-11-24)27-21(31)17(25)10-12-35-2/h6-9,14,17-19,29H,3-5,10-13,24-25H2,1-2H3,(H,26,32)(H,27,31)(H,28,30)(H,33,34). The number of phenolic OH excluding ortho intramolecular Hbond substituents is 1. The highest BCUT2D eigenvalue weighted by Crippen LogP contribution is 2.12. The van der Waals surface area contributed by atoms with Gasteiger partial charge in [0.05, 0.1) is 6.04 Å². The van der Waals surface area contributed by atoms with Crippen LogP contribution in [0.4, 0.5) is 0 Å². The van der Waals surface area contributed by atoms with E-state index in [1.165, 1.54) is 19.1 Å². The van der Waals surface area contributed by atoms with E-state index < -0.39 is 47.9 Å². The number of unbranched alkanes of at least 4 members (excludes halogenated alkanes) is 1. The van der Waals surface area contributed by atoms with Crippen LogP contribution in [0.5, 0.6) is 5.75 Å². The van der Waals surface area contributed by atoms with Gasteiger partial charge in [-0.25, -0.2) is 4.79 Å². The minimum absolute atomic E-state index is 0.00623. The van der Waals surface area contributed by atoms with E-state index in [-0.39, 0.29) is 12.2 Å². The largest absolute Gasteiger partial charge is 0.508 e. The van der Waals surface area contributed by atoms with Crippen molar-refractivity contribution < 1.29 is 29.4 Å². The van der Waals surface area contributed by atoms with E-state index >= 15 is 0 Å². The van der Waals surface area contributed by atoms with Gasteiger partial charge < -0.3 is 37.6 Å². The maximum Gasteiger partial charge on any atom is 0.326 e. The molecule has 0 aliphatic heterocycles. The summed E-state index contributed by atoms with van der Waals surface area (Å²) in [5.74, 6) is -2.21. The van der Waals surface area contributed by atoms with Gasteiger partial charge in [0.1, 0.15) is 23.9 Å². The summed E-state index contributed by atoms with van der Waals surface area (Å²) >= 11 is 1.56. The molecule has 0 radical (unpaired) electrons. The van der Waals surface area contributed by atoms with Gasteiger partial charge in [0, 0.05) is 6.42 Å². The van der Waals surface area contributed by atoms with E-state index in [9.17, 15) is 29.4 Å². The van der Waals surface area contributed by atoms with Crippen LogP contribution in [0.3, 0.4) is 0 Å². The lowest BCUT2D eigenvalue weighted by Gasteiger charge is -2.23. The van der Waals surface area contributed by atoms with Crippen LogP contribution < -0.4 is 27.4 Å². The van der Waals surface area contributed by atoms with E-state index in [0.717, 1.165) is 0 Å². The van der Waals surface area contributed by atoms with E-state index in [1.54, 1.807) is 23.9 Å². The summed E-state index contributed by atoms with van der Waals surface area (Å²) in [6.07, 6.45) is 3.92. The maximum absolute atomic E-state index is 12.8. The molecule has 1 rings (SSSR count). The van der Waals surface area contributed by atoms with E-state index in [2.05, 4.69) is 16.0 Å². The molecule has 11 nitrogen and oxygen atoms in total. The number of aromatic hydroxyl groups is 1. The van der Waals surface area contributed by atoms with Crippen molar-refractivity contribution in [2.75, 3.05) is 18.6 Å². The number of phenols is 1. The number of nitrogens with two attached hydrogens (primary N) is 2. The highest BCUT2D eigenvalue weighted by molar-refractivity contribution is 7.98. The van der Waals surface area contributed by atoms with Gasteiger partial charge in [-0.15, -0.1) is 0 Å². The number of rotatable bonds is 16. The third-order valence-corrected chi connectivity index (χ3v) is 5.94. The molecule has 12 heteroatoms. The van der Waals surface area contributed by atoms with E-state index in [0.29, 0.717) is 43.5 Å². The number of carboxylic acids is 1. The number of hydrogen-bond donors (Lipinski definition) is 7. The average Bonchev–Trinajstić information content (AvgIpc) is 2.82. The predicted octanol–water partition coefficient (Wildman–Crippen LogP) is -0.297. The first-order valence-corrected chi connectivity index (χ1v) is 12.8. The summed E-state index contributed by atoms with van der Waals surface area (Å²) in [7, 11) is 0. The molecule has 3 amide bonds. The maximum atomic E-state index is 12.8. The summed E-state index contributed by atoms with van der Waals surface area (Å²) in [5, 5.41) is 26.5. The van der Waals surface area contributed by atoms with Gasteiger partial charge in [0.15, 0.2) is 0 Å². The quantitative estimate of drug-likeness (QED) is 0.146. The van der Waals surface area contributed by atoms with E-state index in [4.69, 9.17) is 11.5 Å². The Kier molecular flexibility index (Phi) is 13.8. The molecule has 1 aromatic rings. The molecule has 0 spiro atoms. The zero-order valence-corrected chi connectivity index (χ0v) is 21.0. The number of hydrogen-bond acceptors (Lipinski definition) is 8. The Labute approximate surface area is 209 Å². The minimum atomic E-state index is -1.24. The van der Waals surface area contributed by atoms with Gasteiger partial charge in [0.25, 0.3) is 0 Å². The molecule has 0 saturated heterocycles. The Hall–Kier alpha value is -2.83. The second kappa shape index (κ2) is 16.0. The molecule has 0 aliphatic rings. The molecule has 4 unspecified atom stereocenters. The molecular weight excluding hydrogens is 474 g/mol. The van der Waals surface area contributed by atoms with Crippen LogP contribution in [0, 0.1) is 0 Å². The van der Waals surface area contributed by atoms with Crippen molar-refractivity contribution in [1.29, 1.82) is 0 Å². The van der Waals surface area contributed by atoms with Crippen molar-refractivity contribution in [3.63, 3.8) is 0 Å². The molecular formula is C23H37N5O6S. The fourth-order valence-electron chi connectivity index (χ4n) is 3.16. The van der Waals surface area contributed by atoms with Gasteiger partial charge in [-0.2, -0.15) is 11.8 Å². The lowest BCUT2D eigenvalue weighted by atomic mass is 10.0. The van der Waals surface area contributed by atoms with Gasteiger partial charge >= 0.3 is 5.97 Å². The number of carbonyl (C=O) groups excluding carboxylic acids is 3. The fourth-order valence-corrected chi connectivity index (χ4v) is 3.65.